The van der Waals surface area contributed by atoms with Gasteiger partial charge in [0.2, 0.25) is 0 Å². The third-order valence-electron chi connectivity index (χ3n) is 3.30. The summed E-state index contributed by atoms with van der Waals surface area (Å²) in [6.07, 6.45) is 5.11. The molecule has 16 heavy (non-hydrogen) atoms. The van der Waals surface area contributed by atoms with Crippen molar-refractivity contribution >= 4 is 11.6 Å². The highest BCUT2D eigenvalue weighted by Crippen LogP contribution is 2.29. The molecule has 1 aromatic carbocycles. The first-order valence-electron chi connectivity index (χ1n) is 5.91. The van der Waals surface area contributed by atoms with Gasteiger partial charge in [0.25, 0.3) is 0 Å². The SMILES string of the molecule is CC(NC1CCCC1)c1cc(Cl)ccc1O. The van der Waals surface area contributed by atoms with E-state index in [4.69, 9.17) is 11.6 Å². The molecule has 2 N–H and O–H groups in total. The van der Waals surface area contributed by atoms with Crippen LogP contribution < -0.4 is 5.32 Å². The molecule has 0 amide bonds. The van der Waals surface area contributed by atoms with Gasteiger partial charge in [-0.05, 0) is 38.0 Å². The van der Waals surface area contributed by atoms with Crippen LogP contribution in [-0.2, 0) is 0 Å². The van der Waals surface area contributed by atoms with Crippen molar-refractivity contribution < 1.29 is 5.11 Å². The molecule has 0 bridgehead atoms. The van der Waals surface area contributed by atoms with E-state index >= 15 is 0 Å². The minimum Gasteiger partial charge on any atom is -0.508 e. The molecule has 1 aliphatic rings. The standard InChI is InChI=1S/C13H18ClNO/c1-9(15-11-4-2-3-5-11)12-8-10(14)6-7-13(12)16/h6-9,11,15-16H,2-5H2,1H3. The largest absolute Gasteiger partial charge is 0.508 e. The fraction of sp³-hybridized carbons (Fsp3) is 0.538. The second kappa shape index (κ2) is 5.07. The predicted octanol–water partition coefficient (Wildman–Crippen LogP) is 3.64. The summed E-state index contributed by atoms with van der Waals surface area (Å²) in [4.78, 5) is 0. The van der Waals surface area contributed by atoms with Gasteiger partial charge in [0, 0.05) is 22.7 Å². The van der Waals surface area contributed by atoms with Crippen molar-refractivity contribution in [2.45, 2.75) is 44.7 Å². The Bertz CT molecular complexity index is 361. The van der Waals surface area contributed by atoms with E-state index < -0.39 is 0 Å². The van der Waals surface area contributed by atoms with Gasteiger partial charge in [0.1, 0.15) is 5.75 Å². The molecular weight excluding hydrogens is 222 g/mol. The topological polar surface area (TPSA) is 32.3 Å². The van der Waals surface area contributed by atoms with E-state index in [1.807, 2.05) is 6.07 Å². The highest BCUT2D eigenvalue weighted by atomic mass is 35.5. The Kier molecular flexibility index (Phi) is 3.72. The van der Waals surface area contributed by atoms with Crippen LogP contribution >= 0.6 is 11.6 Å². The summed E-state index contributed by atoms with van der Waals surface area (Å²) < 4.78 is 0. The maximum absolute atomic E-state index is 9.78. The lowest BCUT2D eigenvalue weighted by molar-refractivity contribution is 0.427. The van der Waals surface area contributed by atoms with Crippen LogP contribution in [0, 0.1) is 0 Å². The lowest BCUT2D eigenvalue weighted by Crippen LogP contribution is -2.28. The molecule has 0 saturated heterocycles. The number of benzene rings is 1. The summed E-state index contributed by atoms with van der Waals surface area (Å²) in [7, 11) is 0. The van der Waals surface area contributed by atoms with Crippen molar-refractivity contribution in [1.29, 1.82) is 0 Å². The summed E-state index contributed by atoms with van der Waals surface area (Å²) in [5.41, 5.74) is 0.888. The minimum absolute atomic E-state index is 0.154. The number of aromatic hydroxyl groups is 1. The number of hydrogen-bond acceptors (Lipinski definition) is 2. The van der Waals surface area contributed by atoms with Crippen molar-refractivity contribution in [3.8, 4) is 5.75 Å². The van der Waals surface area contributed by atoms with Crippen LogP contribution in [0.2, 0.25) is 5.02 Å². The Hall–Kier alpha value is -0.730. The number of hydrogen-bond donors (Lipinski definition) is 2. The average Bonchev–Trinajstić information content (AvgIpc) is 2.74. The second-order valence-corrected chi connectivity index (χ2v) is 5.01. The lowest BCUT2D eigenvalue weighted by Gasteiger charge is -2.20. The first-order chi connectivity index (χ1) is 7.66. The van der Waals surface area contributed by atoms with E-state index in [0.29, 0.717) is 16.8 Å². The number of phenols is 1. The molecule has 0 spiro atoms. The second-order valence-electron chi connectivity index (χ2n) is 4.57. The molecular formula is C13H18ClNO. The number of nitrogens with one attached hydrogen (secondary N) is 1. The Balaban J connectivity index is 2.07. The Morgan fingerprint density at radius 1 is 1.38 bits per heavy atom. The maximum atomic E-state index is 9.78. The first kappa shape index (κ1) is 11.7. The number of rotatable bonds is 3. The van der Waals surface area contributed by atoms with Gasteiger partial charge in [0.05, 0.1) is 0 Å². The normalized spacial score (nSPS) is 18.9. The lowest BCUT2D eigenvalue weighted by atomic mass is 10.1. The van der Waals surface area contributed by atoms with Gasteiger partial charge in [-0.2, -0.15) is 0 Å². The Morgan fingerprint density at radius 2 is 2.06 bits per heavy atom. The van der Waals surface area contributed by atoms with Crippen molar-refractivity contribution in [1.82, 2.24) is 5.32 Å². The molecule has 2 rings (SSSR count). The van der Waals surface area contributed by atoms with Crippen LogP contribution in [0.25, 0.3) is 0 Å². The van der Waals surface area contributed by atoms with Gasteiger partial charge < -0.3 is 10.4 Å². The molecule has 1 unspecified atom stereocenters. The van der Waals surface area contributed by atoms with Crippen molar-refractivity contribution in [2.24, 2.45) is 0 Å². The van der Waals surface area contributed by atoms with Crippen LogP contribution in [0.3, 0.4) is 0 Å². The fourth-order valence-corrected chi connectivity index (χ4v) is 2.59. The molecule has 1 aromatic rings. The van der Waals surface area contributed by atoms with Crippen molar-refractivity contribution in [2.75, 3.05) is 0 Å². The van der Waals surface area contributed by atoms with Gasteiger partial charge in [-0.1, -0.05) is 24.4 Å². The van der Waals surface area contributed by atoms with Crippen LogP contribution in [0.15, 0.2) is 18.2 Å². The van der Waals surface area contributed by atoms with E-state index in [1.54, 1.807) is 12.1 Å². The highest BCUT2D eigenvalue weighted by Gasteiger charge is 2.19. The van der Waals surface area contributed by atoms with Crippen molar-refractivity contribution in [3.63, 3.8) is 0 Å². The summed E-state index contributed by atoms with van der Waals surface area (Å²) in [6.45, 7) is 2.07. The zero-order valence-electron chi connectivity index (χ0n) is 9.54. The van der Waals surface area contributed by atoms with Gasteiger partial charge >= 0.3 is 0 Å². The molecule has 1 atom stereocenters. The molecule has 88 valence electrons. The van der Waals surface area contributed by atoms with E-state index in [1.165, 1.54) is 25.7 Å². The van der Waals surface area contributed by atoms with E-state index in [0.717, 1.165) is 5.56 Å². The van der Waals surface area contributed by atoms with Gasteiger partial charge in [-0.15, -0.1) is 0 Å². The third kappa shape index (κ3) is 2.69. The van der Waals surface area contributed by atoms with Gasteiger partial charge in [-0.3, -0.25) is 0 Å². The quantitative estimate of drug-likeness (QED) is 0.844. The molecule has 0 radical (unpaired) electrons. The smallest absolute Gasteiger partial charge is 0.120 e. The molecule has 1 fully saturated rings. The number of halogens is 1. The Labute approximate surface area is 102 Å². The summed E-state index contributed by atoms with van der Waals surface area (Å²) in [5.74, 6) is 0.322. The van der Waals surface area contributed by atoms with E-state index in [2.05, 4.69) is 12.2 Å². The first-order valence-corrected chi connectivity index (χ1v) is 6.29. The summed E-state index contributed by atoms with van der Waals surface area (Å²) >= 11 is 5.94. The third-order valence-corrected chi connectivity index (χ3v) is 3.53. The van der Waals surface area contributed by atoms with Crippen LogP contribution in [0.4, 0.5) is 0 Å². The molecule has 1 aliphatic carbocycles. The zero-order valence-corrected chi connectivity index (χ0v) is 10.3. The monoisotopic (exact) mass is 239 g/mol. The van der Waals surface area contributed by atoms with Crippen LogP contribution in [0.5, 0.6) is 5.75 Å². The van der Waals surface area contributed by atoms with Gasteiger partial charge in [-0.25, -0.2) is 0 Å². The van der Waals surface area contributed by atoms with Crippen LogP contribution in [0.1, 0.15) is 44.2 Å². The molecule has 3 heteroatoms. The molecule has 1 saturated carbocycles. The average molecular weight is 240 g/mol. The summed E-state index contributed by atoms with van der Waals surface area (Å²) in [6, 6.07) is 5.95. The van der Waals surface area contributed by atoms with E-state index in [-0.39, 0.29) is 6.04 Å². The van der Waals surface area contributed by atoms with Crippen molar-refractivity contribution in [3.05, 3.63) is 28.8 Å². The predicted molar refractivity (Wildman–Crippen MR) is 66.9 cm³/mol. The highest BCUT2D eigenvalue weighted by molar-refractivity contribution is 6.30. The minimum atomic E-state index is 0.154. The van der Waals surface area contributed by atoms with Gasteiger partial charge in [0.15, 0.2) is 0 Å². The maximum Gasteiger partial charge on any atom is 0.120 e. The van der Waals surface area contributed by atoms with E-state index in [9.17, 15) is 5.11 Å². The van der Waals surface area contributed by atoms with Crippen LogP contribution in [-0.4, -0.2) is 11.1 Å². The Morgan fingerprint density at radius 3 is 2.75 bits per heavy atom. The molecule has 0 aliphatic heterocycles. The molecule has 0 aromatic heterocycles. The molecule has 2 nitrogen and oxygen atoms in total. The zero-order chi connectivity index (χ0) is 11.5. The molecule has 0 heterocycles. The summed E-state index contributed by atoms with van der Waals surface area (Å²) in [5, 5.41) is 14.0. The number of phenolic OH excluding ortho intramolecular Hbond substituents is 1. The fourth-order valence-electron chi connectivity index (χ4n) is 2.41.